The summed E-state index contributed by atoms with van der Waals surface area (Å²) in [5.74, 6) is -0.123. The number of nitrogens with zero attached hydrogens (tertiary/aromatic N) is 2. The van der Waals surface area contributed by atoms with E-state index in [4.69, 9.17) is 28.8 Å². The Labute approximate surface area is 175 Å². The second kappa shape index (κ2) is 7.74. The van der Waals surface area contributed by atoms with E-state index >= 15 is 0 Å². The van der Waals surface area contributed by atoms with Gasteiger partial charge in [0.25, 0.3) is 5.91 Å². The van der Waals surface area contributed by atoms with Gasteiger partial charge in [-0.05, 0) is 25.1 Å². The molecule has 6 heteroatoms. The molecular weight excluding hydrogens is 390 g/mol. The van der Waals surface area contributed by atoms with Gasteiger partial charge in [-0.15, -0.1) is 0 Å². The van der Waals surface area contributed by atoms with Crippen molar-refractivity contribution in [2.45, 2.75) is 25.4 Å². The van der Waals surface area contributed by atoms with Gasteiger partial charge in [-0.25, -0.2) is 0 Å². The number of thiocarbonyl (C=S) groups is 1. The van der Waals surface area contributed by atoms with Gasteiger partial charge in [0, 0.05) is 29.0 Å². The van der Waals surface area contributed by atoms with Crippen LogP contribution in [0.25, 0.3) is 0 Å². The lowest BCUT2D eigenvalue weighted by molar-refractivity contribution is -0.904. The number of hydrogen-bond acceptors (Lipinski definition) is 3. The van der Waals surface area contributed by atoms with E-state index in [1.54, 1.807) is 29.2 Å². The molecule has 0 radical (unpaired) electrons. The van der Waals surface area contributed by atoms with Gasteiger partial charge < -0.3 is 4.90 Å². The fourth-order valence-electron chi connectivity index (χ4n) is 4.11. The molecule has 2 heterocycles. The molecule has 0 unspecified atom stereocenters. The molecule has 0 atom stereocenters. The number of likely N-dealkylation sites (tertiary alicyclic amines) is 1. The Morgan fingerprint density at radius 1 is 1.18 bits per heavy atom. The Morgan fingerprint density at radius 2 is 1.89 bits per heavy atom. The number of quaternary nitrogens is 1. The number of amides is 1. The van der Waals surface area contributed by atoms with Crippen LogP contribution in [0.3, 0.4) is 0 Å². The van der Waals surface area contributed by atoms with Crippen molar-refractivity contribution >= 4 is 40.4 Å². The first-order valence-corrected chi connectivity index (χ1v) is 10.5. The Bertz CT molecular complexity index is 936. The SMILES string of the molecule is CC[NH+]1CCC2(CC1)N=C(c1ccccc1)C(=S)N2C(=O)c1cccc(Cl)c1. The summed E-state index contributed by atoms with van der Waals surface area (Å²) in [6.45, 7) is 5.23. The van der Waals surface area contributed by atoms with Crippen LogP contribution in [-0.2, 0) is 0 Å². The normalized spacial score (nSPS) is 24.5. The number of benzene rings is 2. The second-order valence-electron chi connectivity index (χ2n) is 7.37. The largest absolute Gasteiger partial charge is 0.335 e. The van der Waals surface area contributed by atoms with E-state index in [1.807, 2.05) is 30.3 Å². The number of hydrogen-bond donors (Lipinski definition) is 1. The minimum Gasteiger partial charge on any atom is -0.335 e. The van der Waals surface area contributed by atoms with Crippen LogP contribution in [-0.4, -0.2) is 46.8 Å². The molecule has 28 heavy (non-hydrogen) atoms. The summed E-state index contributed by atoms with van der Waals surface area (Å²) in [7, 11) is 0. The molecule has 1 fully saturated rings. The first kappa shape index (κ1) is 19.2. The van der Waals surface area contributed by atoms with Crippen molar-refractivity contribution < 1.29 is 9.69 Å². The molecule has 0 aromatic heterocycles. The van der Waals surface area contributed by atoms with Crippen LogP contribution in [0.4, 0.5) is 0 Å². The molecular formula is C22H23ClN3OS+. The summed E-state index contributed by atoms with van der Waals surface area (Å²) in [4.78, 5) is 22.4. The highest BCUT2D eigenvalue weighted by molar-refractivity contribution is 7.82. The zero-order valence-electron chi connectivity index (χ0n) is 15.8. The van der Waals surface area contributed by atoms with Crippen molar-refractivity contribution in [2.24, 2.45) is 4.99 Å². The van der Waals surface area contributed by atoms with E-state index in [1.165, 1.54) is 4.90 Å². The highest BCUT2D eigenvalue weighted by atomic mass is 35.5. The van der Waals surface area contributed by atoms with Crippen LogP contribution in [0.2, 0.25) is 5.02 Å². The number of piperidine rings is 1. The molecule has 1 amide bonds. The first-order valence-electron chi connectivity index (χ1n) is 9.67. The van der Waals surface area contributed by atoms with Gasteiger partial charge in [0.15, 0.2) is 5.66 Å². The average Bonchev–Trinajstić information content (AvgIpc) is 3.00. The van der Waals surface area contributed by atoms with Crippen LogP contribution in [0.5, 0.6) is 0 Å². The number of rotatable bonds is 3. The highest BCUT2D eigenvalue weighted by Gasteiger charge is 2.51. The quantitative estimate of drug-likeness (QED) is 0.787. The van der Waals surface area contributed by atoms with Gasteiger partial charge >= 0.3 is 0 Å². The molecule has 4 nitrogen and oxygen atoms in total. The van der Waals surface area contributed by atoms with Crippen LogP contribution >= 0.6 is 23.8 Å². The maximum absolute atomic E-state index is 13.5. The van der Waals surface area contributed by atoms with E-state index in [-0.39, 0.29) is 5.91 Å². The lowest BCUT2D eigenvalue weighted by atomic mass is 9.95. The maximum atomic E-state index is 13.5. The number of aliphatic imine (C=N–C) groups is 1. The van der Waals surface area contributed by atoms with E-state index in [2.05, 4.69) is 6.92 Å². The van der Waals surface area contributed by atoms with E-state index in [0.29, 0.717) is 15.6 Å². The van der Waals surface area contributed by atoms with Crippen molar-refractivity contribution in [3.8, 4) is 0 Å². The molecule has 1 N–H and O–H groups in total. The van der Waals surface area contributed by atoms with Crippen LogP contribution in [0, 0.1) is 0 Å². The third kappa shape index (κ3) is 3.39. The van der Waals surface area contributed by atoms with Gasteiger partial charge in [0.05, 0.1) is 19.6 Å². The minimum absolute atomic E-state index is 0.123. The van der Waals surface area contributed by atoms with E-state index in [0.717, 1.165) is 43.8 Å². The Kier molecular flexibility index (Phi) is 5.32. The summed E-state index contributed by atoms with van der Waals surface area (Å²) in [6, 6.07) is 17.0. The zero-order chi connectivity index (χ0) is 19.7. The van der Waals surface area contributed by atoms with Crippen molar-refractivity contribution in [1.82, 2.24) is 4.90 Å². The fraction of sp³-hybridized carbons (Fsp3) is 0.318. The zero-order valence-corrected chi connectivity index (χ0v) is 17.4. The van der Waals surface area contributed by atoms with Crippen molar-refractivity contribution in [3.05, 3.63) is 70.7 Å². The average molecular weight is 413 g/mol. The molecule has 0 aliphatic carbocycles. The Balaban J connectivity index is 1.75. The minimum atomic E-state index is -0.597. The summed E-state index contributed by atoms with van der Waals surface area (Å²) in [5.41, 5.74) is 1.65. The smallest absolute Gasteiger partial charge is 0.261 e. The molecule has 144 valence electrons. The van der Waals surface area contributed by atoms with Crippen molar-refractivity contribution in [3.63, 3.8) is 0 Å². The van der Waals surface area contributed by atoms with Gasteiger partial charge in [0.2, 0.25) is 0 Å². The molecule has 0 bridgehead atoms. The summed E-state index contributed by atoms with van der Waals surface area (Å²) >= 11 is 11.9. The van der Waals surface area contributed by atoms with Crippen LogP contribution < -0.4 is 4.90 Å². The van der Waals surface area contributed by atoms with Crippen molar-refractivity contribution in [2.75, 3.05) is 19.6 Å². The molecule has 2 aromatic carbocycles. The number of carbonyl (C=O) groups is 1. The lowest BCUT2D eigenvalue weighted by Gasteiger charge is -2.40. The monoisotopic (exact) mass is 412 g/mol. The molecule has 2 aliphatic rings. The summed E-state index contributed by atoms with van der Waals surface area (Å²) in [5, 5.41) is 0.541. The van der Waals surface area contributed by atoms with E-state index in [9.17, 15) is 4.79 Å². The molecule has 1 spiro atoms. The first-order chi connectivity index (χ1) is 13.5. The molecule has 2 aliphatic heterocycles. The predicted octanol–water partition coefficient (Wildman–Crippen LogP) is 3.01. The highest BCUT2D eigenvalue weighted by Crippen LogP contribution is 2.36. The maximum Gasteiger partial charge on any atom is 0.261 e. The predicted molar refractivity (Wildman–Crippen MR) is 116 cm³/mol. The standard InChI is InChI=1S/C22H22ClN3OS/c1-2-25-13-11-22(12-14-25)24-19(16-7-4-3-5-8-16)21(28)26(22)20(27)17-9-6-10-18(23)15-17/h3-10,15H,2,11-14H2,1H3/p+1. The summed E-state index contributed by atoms with van der Waals surface area (Å²) in [6.07, 6.45) is 1.61. The third-order valence-corrected chi connectivity index (χ3v) is 6.33. The molecule has 4 rings (SSSR count). The van der Waals surface area contributed by atoms with Crippen molar-refractivity contribution in [1.29, 1.82) is 0 Å². The Morgan fingerprint density at radius 3 is 2.54 bits per heavy atom. The van der Waals surface area contributed by atoms with E-state index < -0.39 is 5.66 Å². The Hall–Kier alpha value is -2.08. The van der Waals surface area contributed by atoms with Gasteiger partial charge in [-0.2, -0.15) is 0 Å². The number of nitrogens with one attached hydrogen (secondary N) is 1. The van der Waals surface area contributed by atoms with Gasteiger partial charge in [-0.3, -0.25) is 14.7 Å². The molecule has 0 saturated carbocycles. The fourth-order valence-corrected chi connectivity index (χ4v) is 4.72. The third-order valence-electron chi connectivity index (χ3n) is 5.72. The second-order valence-corrected chi connectivity index (χ2v) is 8.19. The topological polar surface area (TPSA) is 37.1 Å². The van der Waals surface area contributed by atoms with Crippen LogP contribution in [0.1, 0.15) is 35.7 Å². The van der Waals surface area contributed by atoms with Gasteiger partial charge in [0.1, 0.15) is 10.7 Å². The molecule has 2 aromatic rings. The summed E-state index contributed by atoms with van der Waals surface area (Å²) < 4.78 is 0. The number of carbonyl (C=O) groups excluding carboxylic acids is 1. The lowest BCUT2D eigenvalue weighted by Crippen LogP contribution is -3.13. The number of halogens is 1. The van der Waals surface area contributed by atoms with Crippen LogP contribution in [0.15, 0.2) is 59.6 Å². The molecule has 1 saturated heterocycles. The van der Waals surface area contributed by atoms with Gasteiger partial charge in [-0.1, -0.05) is 60.2 Å².